The summed E-state index contributed by atoms with van der Waals surface area (Å²) >= 11 is 0. The molecule has 3 aromatic rings. The molecule has 1 aliphatic carbocycles. The second kappa shape index (κ2) is 22.7. The standard InChI is InChI=1S/C55H73N3O11/c1-7-9-18-31-54(32-19-10-8-2)67-46-44-34-55(52(64)57(6)42(33-37-21-12-11-13-22-37)50(62)56-41(36-59)29-30-45(61)66-53(3,4)5)48(51(63)65-44)58(69-49(55)47(46)68-54)35-40-25-15-14-23-38(40)26-20-27-39-24-16-17-28-43(39)60/h11-17,20-26,28,41-42,44,46-49,59-60H,7-10,18-19,27,29-36H2,1-6H3,(H,56,62)/t41-,42+,44?,46-,47-,48-,49+,55?/m0/s1. The predicted molar refractivity (Wildman–Crippen MR) is 260 cm³/mol. The summed E-state index contributed by atoms with van der Waals surface area (Å²) in [5.41, 5.74) is 0.990. The van der Waals surface area contributed by atoms with E-state index >= 15 is 4.79 Å². The number of nitrogens with one attached hydrogen (secondary N) is 1. The van der Waals surface area contributed by atoms with E-state index in [1.165, 1.54) is 4.90 Å². The highest BCUT2D eigenvalue weighted by Crippen LogP contribution is 2.58. The van der Waals surface area contributed by atoms with Gasteiger partial charge in [0, 0.05) is 39.2 Å². The van der Waals surface area contributed by atoms with Crippen molar-refractivity contribution in [3.8, 4) is 5.75 Å². The summed E-state index contributed by atoms with van der Waals surface area (Å²) < 4.78 is 26.0. The van der Waals surface area contributed by atoms with E-state index < -0.39 is 89.7 Å². The van der Waals surface area contributed by atoms with E-state index in [2.05, 4.69) is 19.2 Å². The van der Waals surface area contributed by atoms with Gasteiger partial charge in [0.25, 0.3) is 0 Å². The number of aliphatic hydroxyl groups is 1. The van der Waals surface area contributed by atoms with Gasteiger partial charge in [-0.2, -0.15) is 5.06 Å². The molecule has 14 heteroatoms. The van der Waals surface area contributed by atoms with Gasteiger partial charge in [-0.25, -0.2) is 0 Å². The molecule has 1 saturated carbocycles. The zero-order valence-corrected chi connectivity index (χ0v) is 41.3. The number of rotatable bonds is 23. The molecule has 2 unspecified atom stereocenters. The number of hydrogen-bond donors (Lipinski definition) is 3. The number of hydroxylamine groups is 2. The number of aliphatic hydroxyl groups excluding tert-OH is 1. The van der Waals surface area contributed by atoms with Gasteiger partial charge in [-0.3, -0.25) is 24.0 Å². The number of hydrogen-bond acceptors (Lipinski definition) is 12. The molecule has 4 aliphatic rings. The van der Waals surface area contributed by atoms with Crippen LogP contribution < -0.4 is 5.32 Å². The van der Waals surface area contributed by atoms with Crippen molar-refractivity contribution >= 4 is 29.8 Å². The van der Waals surface area contributed by atoms with Gasteiger partial charge < -0.3 is 39.4 Å². The molecule has 2 amide bonds. The van der Waals surface area contributed by atoms with Crippen LogP contribution in [0.5, 0.6) is 5.75 Å². The predicted octanol–water partition coefficient (Wildman–Crippen LogP) is 7.76. The number of para-hydroxylation sites is 1. The Kier molecular flexibility index (Phi) is 17.1. The van der Waals surface area contributed by atoms with Crippen LogP contribution in [0.15, 0.2) is 84.9 Å². The molecule has 3 aliphatic heterocycles. The second-order valence-electron chi connectivity index (χ2n) is 20.3. The lowest BCUT2D eigenvalue weighted by Gasteiger charge is -2.50. The number of nitrogens with zero attached hydrogens (tertiary/aromatic N) is 2. The molecule has 8 atom stereocenters. The molecule has 3 saturated heterocycles. The summed E-state index contributed by atoms with van der Waals surface area (Å²) in [7, 11) is 1.58. The number of esters is 2. The number of phenolic OH excluding ortho intramolecular Hbond substituents is 1. The van der Waals surface area contributed by atoms with Gasteiger partial charge in [-0.1, -0.05) is 124 Å². The molecule has 4 fully saturated rings. The minimum atomic E-state index is -1.57. The van der Waals surface area contributed by atoms with E-state index in [4.69, 9.17) is 23.8 Å². The Hall–Kier alpha value is -5.12. The van der Waals surface area contributed by atoms with Crippen molar-refractivity contribution in [3.05, 3.63) is 107 Å². The first-order chi connectivity index (χ1) is 33.1. The Morgan fingerprint density at radius 2 is 1.57 bits per heavy atom. The quantitative estimate of drug-likeness (QED) is 0.0624. The zero-order valence-electron chi connectivity index (χ0n) is 41.3. The Bertz CT molecular complexity index is 2250. The van der Waals surface area contributed by atoms with Gasteiger partial charge >= 0.3 is 11.9 Å². The van der Waals surface area contributed by atoms with Crippen LogP contribution in [0, 0.1) is 5.41 Å². The Balaban J connectivity index is 1.25. The highest BCUT2D eigenvalue weighted by atomic mass is 16.8. The van der Waals surface area contributed by atoms with Crippen molar-refractivity contribution in [2.24, 2.45) is 5.41 Å². The number of unbranched alkanes of at least 4 members (excludes halogenated alkanes) is 4. The molecule has 0 aromatic heterocycles. The van der Waals surface area contributed by atoms with Crippen molar-refractivity contribution in [1.82, 2.24) is 15.3 Å². The number of benzene rings is 3. The van der Waals surface area contributed by atoms with Crippen LogP contribution >= 0.6 is 0 Å². The number of amides is 2. The smallest absolute Gasteiger partial charge is 0.327 e. The van der Waals surface area contributed by atoms with Gasteiger partial charge in [0.15, 0.2) is 11.8 Å². The van der Waals surface area contributed by atoms with Gasteiger partial charge in [-0.15, -0.1) is 0 Å². The van der Waals surface area contributed by atoms with Crippen LogP contribution in [0.25, 0.3) is 6.08 Å². The fourth-order valence-electron chi connectivity index (χ4n) is 10.6. The highest BCUT2D eigenvalue weighted by Gasteiger charge is 2.76. The molecule has 374 valence electrons. The number of phenols is 1. The van der Waals surface area contributed by atoms with E-state index in [1.807, 2.05) is 78.9 Å². The largest absolute Gasteiger partial charge is 0.508 e. The minimum absolute atomic E-state index is 0.0391. The maximum atomic E-state index is 16.0. The minimum Gasteiger partial charge on any atom is -0.508 e. The summed E-state index contributed by atoms with van der Waals surface area (Å²) in [5.74, 6) is -2.83. The van der Waals surface area contributed by atoms with Crippen LogP contribution in [0.4, 0.5) is 0 Å². The van der Waals surface area contributed by atoms with Crippen LogP contribution in [0.2, 0.25) is 0 Å². The summed E-state index contributed by atoms with van der Waals surface area (Å²) in [6.45, 7) is 9.28. The fraction of sp³-hybridized carbons (Fsp3) is 0.564. The molecule has 14 nitrogen and oxygen atoms in total. The number of carbonyl (C=O) groups is 4. The maximum absolute atomic E-state index is 16.0. The van der Waals surface area contributed by atoms with Crippen LogP contribution in [0.1, 0.15) is 128 Å². The first kappa shape index (κ1) is 51.7. The summed E-state index contributed by atoms with van der Waals surface area (Å²) in [4.78, 5) is 66.6. The highest BCUT2D eigenvalue weighted by molar-refractivity contribution is 5.96. The number of likely N-dealkylation sites (N-methyl/N-ethyl adjacent to an activating group) is 1. The molecule has 0 spiro atoms. The summed E-state index contributed by atoms with van der Waals surface area (Å²) in [6.07, 6.45) is 8.42. The van der Waals surface area contributed by atoms with Gasteiger partial charge in [0.2, 0.25) is 11.8 Å². The Morgan fingerprint density at radius 1 is 0.913 bits per heavy atom. The molecule has 69 heavy (non-hydrogen) atoms. The van der Waals surface area contributed by atoms with Gasteiger partial charge in [0.05, 0.1) is 19.2 Å². The molecule has 3 N–H and O–H groups in total. The maximum Gasteiger partial charge on any atom is 0.327 e. The summed E-state index contributed by atoms with van der Waals surface area (Å²) in [5, 5.41) is 25.4. The SMILES string of the molecule is CCCCCC1(CCCCC)O[C@@H]2[C@H]3ON(Cc4ccccc4C=CCc4ccccc4O)[C@H]4C(=O)OC(CC34C(=O)N(C)[C@H](Cc3ccccc3)C(=O)N[C@H](CO)CCC(=O)OC(C)(C)C)[C@@H]2O1. The first-order valence-corrected chi connectivity index (χ1v) is 25.1. The lowest BCUT2D eigenvalue weighted by Crippen LogP contribution is -2.70. The third-order valence-electron chi connectivity index (χ3n) is 14.0. The second-order valence-corrected chi connectivity index (χ2v) is 20.3. The van der Waals surface area contributed by atoms with Crippen molar-refractivity contribution in [3.63, 3.8) is 0 Å². The normalized spacial score (nSPS) is 24.6. The number of fused-ring (bicyclic) bond motifs is 4. The molecule has 2 bridgehead atoms. The fourth-order valence-corrected chi connectivity index (χ4v) is 10.6. The third kappa shape index (κ3) is 11.9. The van der Waals surface area contributed by atoms with Crippen LogP contribution in [-0.4, -0.2) is 112 Å². The number of ether oxygens (including phenoxy) is 4. The van der Waals surface area contributed by atoms with E-state index in [0.717, 1.165) is 60.8 Å². The van der Waals surface area contributed by atoms with E-state index in [9.17, 15) is 24.6 Å². The number of aromatic hydroxyl groups is 1. The van der Waals surface area contributed by atoms with E-state index in [0.29, 0.717) is 19.3 Å². The van der Waals surface area contributed by atoms with Crippen LogP contribution in [0.3, 0.4) is 0 Å². The first-order valence-electron chi connectivity index (χ1n) is 25.1. The topological polar surface area (TPSA) is 173 Å². The number of allylic oxidation sites excluding steroid dienone is 1. The molecular weight excluding hydrogens is 879 g/mol. The lowest BCUT2D eigenvalue weighted by molar-refractivity contribution is -0.225. The van der Waals surface area contributed by atoms with Crippen molar-refractivity contribution < 1.29 is 53.2 Å². The average Bonchev–Trinajstić information content (AvgIpc) is 3.88. The molecular formula is C55H73N3O11. The third-order valence-corrected chi connectivity index (χ3v) is 14.0. The molecule has 3 aromatic carbocycles. The lowest BCUT2D eigenvalue weighted by atomic mass is 9.62. The molecule has 0 radical (unpaired) electrons. The summed E-state index contributed by atoms with van der Waals surface area (Å²) in [6, 6.07) is 21.2. The Morgan fingerprint density at radius 3 is 2.23 bits per heavy atom. The number of carbonyl (C=O) groups excluding carboxylic acids is 4. The molecule has 7 rings (SSSR count). The van der Waals surface area contributed by atoms with E-state index in [1.54, 1.807) is 45.0 Å². The zero-order chi connectivity index (χ0) is 49.3. The monoisotopic (exact) mass is 952 g/mol. The van der Waals surface area contributed by atoms with Gasteiger partial charge in [-0.05, 0) is 74.8 Å². The van der Waals surface area contributed by atoms with Crippen molar-refractivity contribution in [1.29, 1.82) is 0 Å². The van der Waals surface area contributed by atoms with E-state index in [-0.39, 0.29) is 38.0 Å². The average molecular weight is 952 g/mol. The van der Waals surface area contributed by atoms with Crippen LogP contribution in [-0.2, 0) is 62.3 Å². The van der Waals surface area contributed by atoms with Crippen molar-refractivity contribution in [2.45, 2.75) is 179 Å². The Labute approximate surface area is 407 Å². The van der Waals surface area contributed by atoms with Crippen molar-refractivity contribution in [2.75, 3.05) is 13.7 Å². The van der Waals surface area contributed by atoms with Gasteiger partial charge in [0.1, 0.15) is 47.2 Å². The molecule has 3 heterocycles.